The van der Waals surface area contributed by atoms with E-state index in [0.29, 0.717) is 32.1 Å². The third-order valence-corrected chi connectivity index (χ3v) is 4.35. The molecule has 3 nitrogen and oxygen atoms in total. The molecule has 0 aliphatic carbocycles. The van der Waals surface area contributed by atoms with Gasteiger partial charge in [0.15, 0.2) is 5.78 Å². The van der Waals surface area contributed by atoms with E-state index in [0.717, 1.165) is 5.56 Å². The fraction of sp³-hybridized carbons (Fsp3) is 0.133. The Balaban J connectivity index is 2.24. The standard InChI is InChI=1S/C15H10Cl2N2OS/c1-9(20)14-5-3-10(7-18)15(19-14)21-8-11-2-4-12(16)6-13(11)17/h2-6H,8H2,1H3. The molecular weight excluding hydrogens is 327 g/mol. The fourth-order valence-electron chi connectivity index (χ4n) is 1.62. The summed E-state index contributed by atoms with van der Waals surface area (Å²) in [6, 6.07) is 10.5. The van der Waals surface area contributed by atoms with Crippen LogP contribution in [0.2, 0.25) is 10.0 Å². The first kappa shape index (κ1) is 15.8. The number of halogens is 2. The molecule has 0 saturated carbocycles. The third-order valence-electron chi connectivity index (χ3n) is 2.72. The second kappa shape index (κ2) is 6.95. The maximum atomic E-state index is 11.4. The summed E-state index contributed by atoms with van der Waals surface area (Å²) in [7, 11) is 0. The number of hydrogen-bond acceptors (Lipinski definition) is 4. The topological polar surface area (TPSA) is 53.8 Å². The van der Waals surface area contributed by atoms with Crippen LogP contribution < -0.4 is 0 Å². The summed E-state index contributed by atoms with van der Waals surface area (Å²) in [5.74, 6) is 0.407. The van der Waals surface area contributed by atoms with E-state index in [-0.39, 0.29) is 5.78 Å². The van der Waals surface area contributed by atoms with Crippen LogP contribution in [0.1, 0.15) is 28.5 Å². The average Bonchev–Trinajstić information content (AvgIpc) is 2.46. The van der Waals surface area contributed by atoms with Crippen molar-refractivity contribution in [3.05, 3.63) is 57.2 Å². The second-order valence-corrected chi connectivity index (χ2v) is 6.05. The molecule has 0 radical (unpaired) electrons. The van der Waals surface area contributed by atoms with Gasteiger partial charge in [0.1, 0.15) is 16.8 Å². The van der Waals surface area contributed by atoms with Crippen molar-refractivity contribution >= 4 is 40.7 Å². The minimum Gasteiger partial charge on any atom is -0.293 e. The molecule has 0 aliphatic rings. The Kier molecular flexibility index (Phi) is 5.24. The van der Waals surface area contributed by atoms with Crippen LogP contribution in [-0.2, 0) is 5.75 Å². The molecule has 0 atom stereocenters. The predicted octanol–water partition coefficient (Wildman–Crippen LogP) is 4.75. The normalized spacial score (nSPS) is 10.2. The molecule has 21 heavy (non-hydrogen) atoms. The summed E-state index contributed by atoms with van der Waals surface area (Å²) >= 11 is 13.3. The lowest BCUT2D eigenvalue weighted by atomic mass is 10.2. The van der Waals surface area contributed by atoms with Crippen LogP contribution >= 0.6 is 35.0 Å². The van der Waals surface area contributed by atoms with Gasteiger partial charge in [-0.25, -0.2) is 4.98 Å². The predicted molar refractivity (Wildman–Crippen MR) is 85.0 cm³/mol. The van der Waals surface area contributed by atoms with Crippen molar-refractivity contribution in [3.8, 4) is 6.07 Å². The molecule has 0 N–H and O–H groups in total. The fourth-order valence-corrected chi connectivity index (χ4v) is 3.15. The molecule has 2 aromatic rings. The Bertz CT molecular complexity index is 741. The number of aromatic nitrogens is 1. The number of pyridine rings is 1. The quantitative estimate of drug-likeness (QED) is 0.596. The minimum atomic E-state index is -0.133. The average molecular weight is 337 g/mol. The largest absolute Gasteiger partial charge is 0.293 e. The van der Waals surface area contributed by atoms with Gasteiger partial charge in [-0.05, 0) is 29.8 Å². The number of carbonyl (C=O) groups excluding carboxylic acids is 1. The van der Waals surface area contributed by atoms with Gasteiger partial charge >= 0.3 is 0 Å². The summed E-state index contributed by atoms with van der Waals surface area (Å²) in [6.45, 7) is 1.44. The highest BCUT2D eigenvalue weighted by atomic mass is 35.5. The number of benzene rings is 1. The molecule has 0 saturated heterocycles. The Morgan fingerprint density at radius 3 is 2.71 bits per heavy atom. The second-order valence-electron chi connectivity index (χ2n) is 4.24. The zero-order chi connectivity index (χ0) is 15.4. The summed E-state index contributed by atoms with van der Waals surface area (Å²) in [5, 5.41) is 10.8. The number of hydrogen-bond donors (Lipinski definition) is 0. The molecular formula is C15H10Cl2N2OS. The maximum absolute atomic E-state index is 11.4. The molecule has 0 spiro atoms. The van der Waals surface area contributed by atoms with Crippen molar-refractivity contribution in [2.24, 2.45) is 0 Å². The molecule has 1 aromatic carbocycles. The van der Waals surface area contributed by atoms with E-state index in [1.165, 1.54) is 18.7 Å². The van der Waals surface area contributed by atoms with Crippen LogP contribution in [0.4, 0.5) is 0 Å². The van der Waals surface area contributed by atoms with Crippen LogP contribution in [0, 0.1) is 11.3 Å². The number of thioether (sulfide) groups is 1. The maximum Gasteiger partial charge on any atom is 0.178 e. The van der Waals surface area contributed by atoms with Gasteiger partial charge in [0.2, 0.25) is 0 Å². The summed E-state index contributed by atoms with van der Waals surface area (Å²) in [5.41, 5.74) is 1.68. The highest BCUT2D eigenvalue weighted by Crippen LogP contribution is 2.29. The van der Waals surface area contributed by atoms with Crippen LogP contribution in [0.25, 0.3) is 0 Å². The van der Waals surface area contributed by atoms with Crippen molar-refractivity contribution < 1.29 is 4.79 Å². The van der Waals surface area contributed by atoms with Gasteiger partial charge in [-0.3, -0.25) is 4.79 Å². The number of carbonyl (C=O) groups is 1. The highest BCUT2D eigenvalue weighted by Gasteiger charge is 2.10. The lowest BCUT2D eigenvalue weighted by Gasteiger charge is -2.07. The Hall–Kier alpha value is -1.54. The molecule has 1 heterocycles. The van der Waals surface area contributed by atoms with E-state index in [4.69, 9.17) is 28.5 Å². The monoisotopic (exact) mass is 336 g/mol. The van der Waals surface area contributed by atoms with Crippen molar-refractivity contribution in [2.75, 3.05) is 0 Å². The zero-order valence-electron chi connectivity index (χ0n) is 11.1. The van der Waals surface area contributed by atoms with Crippen molar-refractivity contribution in [1.82, 2.24) is 4.98 Å². The first-order valence-corrected chi connectivity index (χ1v) is 7.74. The number of ketones is 1. The molecule has 0 bridgehead atoms. The van der Waals surface area contributed by atoms with Gasteiger partial charge in [-0.2, -0.15) is 5.26 Å². The summed E-state index contributed by atoms with van der Waals surface area (Å²) in [6.07, 6.45) is 0. The molecule has 0 amide bonds. The van der Waals surface area contributed by atoms with Crippen molar-refractivity contribution in [1.29, 1.82) is 5.26 Å². The summed E-state index contributed by atoms with van der Waals surface area (Å²) in [4.78, 5) is 15.6. The van der Waals surface area contributed by atoms with Gasteiger partial charge in [0.05, 0.1) is 5.56 Å². The Labute approximate surface area is 136 Å². The van der Waals surface area contributed by atoms with E-state index in [2.05, 4.69) is 11.1 Å². The third kappa shape index (κ3) is 3.98. The number of nitrogens with zero attached hydrogens (tertiary/aromatic N) is 2. The molecule has 0 fully saturated rings. The van der Waals surface area contributed by atoms with Crippen LogP contribution in [-0.4, -0.2) is 10.8 Å². The van der Waals surface area contributed by atoms with Gasteiger partial charge < -0.3 is 0 Å². The van der Waals surface area contributed by atoms with Gasteiger partial charge in [-0.15, -0.1) is 11.8 Å². The summed E-state index contributed by atoms with van der Waals surface area (Å²) < 4.78 is 0. The molecule has 1 aromatic heterocycles. The van der Waals surface area contributed by atoms with Crippen LogP contribution in [0.5, 0.6) is 0 Å². The lowest BCUT2D eigenvalue weighted by molar-refractivity contribution is 0.101. The number of Topliss-reactive ketones (excluding diaryl/α,β-unsaturated/α-hetero) is 1. The van der Waals surface area contributed by atoms with Gasteiger partial charge in [-0.1, -0.05) is 29.3 Å². The SMILES string of the molecule is CC(=O)c1ccc(C#N)c(SCc2ccc(Cl)cc2Cl)n1. The van der Waals surface area contributed by atoms with E-state index in [9.17, 15) is 4.79 Å². The van der Waals surface area contributed by atoms with E-state index in [1.54, 1.807) is 24.3 Å². The van der Waals surface area contributed by atoms with Gasteiger partial charge in [0.25, 0.3) is 0 Å². The smallest absolute Gasteiger partial charge is 0.178 e. The highest BCUT2D eigenvalue weighted by molar-refractivity contribution is 7.98. The molecule has 0 unspecified atom stereocenters. The number of rotatable bonds is 4. The van der Waals surface area contributed by atoms with E-state index >= 15 is 0 Å². The molecule has 0 aliphatic heterocycles. The molecule has 2 rings (SSSR count). The molecule has 6 heteroatoms. The van der Waals surface area contributed by atoms with Crippen molar-refractivity contribution in [3.63, 3.8) is 0 Å². The molecule has 106 valence electrons. The zero-order valence-corrected chi connectivity index (χ0v) is 13.4. The van der Waals surface area contributed by atoms with Crippen LogP contribution in [0.3, 0.4) is 0 Å². The first-order valence-electron chi connectivity index (χ1n) is 6.00. The number of nitriles is 1. The van der Waals surface area contributed by atoms with E-state index in [1.807, 2.05) is 6.07 Å². The Morgan fingerprint density at radius 2 is 2.10 bits per heavy atom. The lowest BCUT2D eigenvalue weighted by Crippen LogP contribution is -1.99. The Morgan fingerprint density at radius 1 is 1.33 bits per heavy atom. The van der Waals surface area contributed by atoms with E-state index < -0.39 is 0 Å². The first-order chi connectivity index (χ1) is 10.0. The van der Waals surface area contributed by atoms with Crippen molar-refractivity contribution in [2.45, 2.75) is 17.7 Å². The van der Waals surface area contributed by atoms with Crippen LogP contribution in [0.15, 0.2) is 35.4 Å². The van der Waals surface area contributed by atoms with Gasteiger partial charge in [0, 0.05) is 22.7 Å². The minimum absolute atomic E-state index is 0.133.